The molecule has 5 nitrogen and oxygen atoms in total. The Balaban J connectivity index is 1.67. The molecule has 1 aliphatic heterocycles. The van der Waals surface area contributed by atoms with Crippen LogP contribution in [0.15, 0.2) is 4.99 Å². The zero-order valence-corrected chi connectivity index (χ0v) is 15.2. The van der Waals surface area contributed by atoms with Crippen molar-refractivity contribution < 1.29 is 17.9 Å². The largest absolute Gasteiger partial charge is 0.391 e. The van der Waals surface area contributed by atoms with E-state index < -0.39 is 12.1 Å². The molecular formula is C17H31F3N4O. The number of guanidine groups is 1. The highest BCUT2D eigenvalue weighted by Gasteiger charge is 2.41. The van der Waals surface area contributed by atoms with Gasteiger partial charge in [-0.1, -0.05) is 6.92 Å². The van der Waals surface area contributed by atoms with Crippen LogP contribution in [-0.2, 0) is 4.74 Å². The van der Waals surface area contributed by atoms with Crippen molar-refractivity contribution in [2.24, 2.45) is 16.8 Å². The van der Waals surface area contributed by atoms with Crippen molar-refractivity contribution in [3.63, 3.8) is 0 Å². The van der Waals surface area contributed by atoms with Crippen LogP contribution in [0.3, 0.4) is 0 Å². The molecule has 2 rings (SSSR count). The first-order valence-corrected chi connectivity index (χ1v) is 9.22. The average molecular weight is 364 g/mol. The van der Waals surface area contributed by atoms with E-state index in [1.807, 2.05) is 0 Å². The van der Waals surface area contributed by atoms with Crippen LogP contribution < -0.4 is 10.6 Å². The van der Waals surface area contributed by atoms with E-state index in [9.17, 15) is 13.2 Å². The molecule has 25 heavy (non-hydrogen) atoms. The third kappa shape index (κ3) is 7.01. The van der Waals surface area contributed by atoms with Crippen LogP contribution in [0.2, 0.25) is 0 Å². The summed E-state index contributed by atoms with van der Waals surface area (Å²) >= 11 is 0. The molecule has 2 aliphatic rings. The van der Waals surface area contributed by atoms with Gasteiger partial charge in [-0.3, -0.25) is 9.89 Å². The highest BCUT2D eigenvalue weighted by molar-refractivity contribution is 5.79. The molecule has 0 aromatic carbocycles. The lowest BCUT2D eigenvalue weighted by atomic mass is 9.85. The highest BCUT2D eigenvalue weighted by atomic mass is 19.4. The third-order valence-corrected chi connectivity index (χ3v) is 5.05. The molecule has 1 heterocycles. The van der Waals surface area contributed by atoms with Gasteiger partial charge < -0.3 is 15.4 Å². The fourth-order valence-corrected chi connectivity index (χ4v) is 3.51. The predicted molar refractivity (Wildman–Crippen MR) is 92.7 cm³/mol. The molecule has 0 bridgehead atoms. The van der Waals surface area contributed by atoms with Crippen molar-refractivity contribution in [1.29, 1.82) is 0 Å². The molecule has 1 saturated heterocycles. The van der Waals surface area contributed by atoms with Crippen LogP contribution in [-0.4, -0.2) is 69.5 Å². The van der Waals surface area contributed by atoms with Gasteiger partial charge in [0.15, 0.2) is 5.96 Å². The molecule has 0 amide bonds. The van der Waals surface area contributed by atoms with Crippen LogP contribution in [0, 0.1) is 11.8 Å². The van der Waals surface area contributed by atoms with Gasteiger partial charge in [-0.25, -0.2) is 0 Å². The molecule has 0 radical (unpaired) electrons. The van der Waals surface area contributed by atoms with Gasteiger partial charge >= 0.3 is 6.18 Å². The number of nitrogens with one attached hydrogen (secondary N) is 2. The molecule has 1 atom stereocenters. The summed E-state index contributed by atoms with van der Waals surface area (Å²) in [7, 11) is 1.70. The van der Waals surface area contributed by atoms with Crippen LogP contribution >= 0.6 is 0 Å². The molecule has 8 heteroatoms. The zero-order valence-electron chi connectivity index (χ0n) is 15.2. The van der Waals surface area contributed by atoms with Gasteiger partial charge in [0.05, 0.1) is 19.1 Å². The monoisotopic (exact) mass is 364 g/mol. The summed E-state index contributed by atoms with van der Waals surface area (Å²) in [6.45, 7) is 7.51. The van der Waals surface area contributed by atoms with Gasteiger partial charge in [0, 0.05) is 39.3 Å². The van der Waals surface area contributed by atoms with E-state index in [0.717, 1.165) is 39.4 Å². The van der Waals surface area contributed by atoms with E-state index in [2.05, 4.69) is 27.4 Å². The van der Waals surface area contributed by atoms with E-state index in [1.165, 1.54) is 0 Å². The summed E-state index contributed by atoms with van der Waals surface area (Å²) in [4.78, 5) is 6.60. The minimum Gasteiger partial charge on any atom is -0.379 e. The minimum atomic E-state index is -4.06. The Morgan fingerprint density at radius 1 is 1.20 bits per heavy atom. The van der Waals surface area contributed by atoms with Gasteiger partial charge in [-0.15, -0.1) is 0 Å². The maximum absolute atomic E-state index is 12.7. The summed E-state index contributed by atoms with van der Waals surface area (Å²) in [6, 6.07) is 0.0688. The molecule has 1 saturated carbocycles. The Morgan fingerprint density at radius 2 is 1.84 bits per heavy atom. The van der Waals surface area contributed by atoms with Crippen molar-refractivity contribution in [3.8, 4) is 0 Å². The van der Waals surface area contributed by atoms with Crippen molar-refractivity contribution in [1.82, 2.24) is 15.5 Å². The van der Waals surface area contributed by atoms with E-state index >= 15 is 0 Å². The number of halogens is 3. The van der Waals surface area contributed by atoms with Gasteiger partial charge in [0.1, 0.15) is 0 Å². The molecule has 1 unspecified atom stereocenters. The molecule has 2 fully saturated rings. The van der Waals surface area contributed by atoms with Crippen molar-refractivity contribution in [2.45, 2.75) is 44.8 Å². The van der Waals surface area contributed by atoms with Gasteiger partial charge in [0.25, 0.3) is 0 Å². The topological polar surface area (TPSA) is 48.9 Å². The smallest absolute Gasteiger partial charge is 0.379 e. The third-order valence-electron chi connectivity index (χ3n) is 5.05. The molecule has 2 N–H and O–H groups in total. The first-order chi connectivity index (χ1) is 11.9. The molecule has 1 aliphatic carbocycles. The first kappa shape index (κ1) is 20.3. The predicted octanol–water partition coefficient (Wildman–Crippen LogP) is 2.24. The van der Waals surface area contributed by atoms with E-state index in [4.69, 9.17) is 4.74 Å². The highest BCUT2D eigenvalue weighted by Crippen LogP contribution is 2.37. The normalized spacial score (nSPS) is 27.8. The SMILES string of the molecule is CN=C(NCC(C)CN1CCOCC1)NC1CCC(C(F)(F)F)CC1. The lowest BCUT2D eigenvalue weighted by Crippen LogP contribution is -2.48. The summed E-state index contributed by atoms with van der Waals surface area (Å²) in [5.41, 5.74) is 0. The Morgan fingerprint density at radius 3 is 2.40 bits per heavy atom. The molecule has 0 aromatic heterocycles. The quantitative estimate of drug-likeness (QED) is 0.580. The number of ether oxygens (including phenoxy) is 1. The van der Waals surface area contributed by atoms with E-state index in [0.29, 0.717) is 24.7 Å². The lowest BCUT2D eigenvalue weighted by Gasteiger charge is -2.32. The number of alkyl halides is 3. The maximum atomic E-state index is 12.7. The first-order valence-electron chi connectivity index (χ1n) is 9.22. The van der Waals surface area contributed by atoms with Crippen molar-refractivity contribution >= 4 is 5.96 Å². The summed E-state index contributed by atoms with van der Waals surface area (Å²) in [6.07, 6.45) is -2.58. The zero-order chi connectivity index (χ0) is 18.3. The fraction of sp³-hybridized carbons (Fsp3) is 0.941. The number of hydrogen-bond donors (Lipinski definition) is 2. The van der Waals surface area contributed by atoms with Gasteiger partial charge in [-0.2, -0.15) is 13.2 Å². The maximum Gasteiger partial charge on any atom is 0.391 e. The molecular weight excluding hydrogens is 333 g/mol. The number of rotatable bonds is 5. The summed E-state index contributed by atoms with van der Waals surface area (Å²) < 4.78 is 43.5. The van der Waals surface area contributed by atoms with Crippen molar-refractivity contribution in [2.75, 3.05) is 46.4 Å². The number of aliphatic imine (C=N–C) groups is 1. The van der Waals surface area contributed by atoms with Crippen LogP contribution in [0.4, 0.5) is 13.2 Å². The van der Waals surface area contributed by atoms with Gasteiger partial charge in [-0.05, 0) is 31.6 Å². The van der Waals surface area contributed by atoms with Crippen LogP contribution in [0.5, 0.6) is 0 Å². The lowest BCUT2D eigenvalue weighted by molar-refractivity contribution is -0.182. The van der Waals surface area contributed by atoms with E-state index in [-0.39, 0.29) is 18.9 Å². The Kier molecular flexibility index (Phi) is 7.81. The second-order valence-electron chi connectivity index (χ2n) is 7.21. The number of hydrogen-bond acceptors (Lipinski definition) is 3. The second kappa shape index (κ2) is 9.62. The standard InChI is InChI=1S/C17H31F3N4O/c1-13(12-24-7-9-25-10-8-24)11-22-16(21-2)23-15-5-3-14(4-6-15)17(18,19)20/h13-15H,3-12H2,1-2H3,(H2,21,22,23). The second-order valence-corrected chi connectivity index (χ2v) is 7.21. The van der Waals surface area contributed by atoms with Crippen LogP contribution in [0.25, 0.3) is 0 Å². The average Bonchev–Trinajstić information content (AvgIpc) is 2.59. The summed E-state index contributed by atoms with van der Waals surface area (Å²) in [5.74, 6) is -0.00373. The van der Waals surface area contributed by atoms with Crippen LogP contribution in [0.1, 0.15) is 32.6 Å². The summed E-state index contributed by atoms with van der Waals surface area (Å²) in [5, 5.41) is 6.58. The fourth-order valence-electron chi connectivity index (χ4n) is 3.51. The minimum absolute atomic E-state index is 0.0688. The molecule has 0 spiro atoms. The Bertz CT molecular complexity index is 417. The molecule has 146 valence electrons. The Hall–Kier alpha value is -1.02. The van der Waals surface area contributed by atoms with Gasteiger partial charge in [0.2, 0.25) is 0 Å². The molecule has 0 aromatic rings. The Labute approximate surface area is 148 Å². The van der Waals surface area contributed by atoms with Crippen molar-refractivity contribution in [3.05, 3.63) is 0 Å². The number of nitrogens with zero attached hydrogens (tertiary/aromatic N) is 2. The number of morpholine rings is 1. The van der Waals surface area contributed by atoms with E-state index in [1.54, 1.807) is 7.05 Å².